The van der Waals surface area contributed by atoms with E-state index in [1.807, 2.05) is 0 Å². The third-order valence-corrected chi connectivity index (χ3v) is 5.34. The summed E-state index contributed by atoms with van der Waals surface area (Å²) in [4.78, 5) is 51.4. The molecule has 4 rings (SSSR count). The third kappa shape index (κ3) is 4.55. The van der Waals surface area contributed by atoms with E-state index < -0.39 is 29.2 Å². The van der Waals surface area contributed by atoms with Crippen molar-refractivity contribution in [3.05, 3.63) is 93.2 Å². The highest BCUT2D eigenvalue weighted by molar-refractivity contribution is 6.33. The van der Waals surface area contributed by atoms with Crippen LogP contribution in [0.3, 0.4) is 0 Å². The molecule has 0 radical (unpaired) electrons. The summed E-state index contributed by atoms with van der Waals surface area (Å²) in [5, 5.41) is 11.9. The molecule has 1 atom stereocenters. The van der Waals surface area contributed by atoms with E-state index in [2.05, 4.69) is 10.3 Å². The molecule has 2 aromatic heterocycles. The minimum Gasteiger partial charge on any atom is -0.478 e. The van der Waals surface area contributed by atoms with Crippen LogP contribution < -0.4 is 10.9 Å². The molecule has 34 heavy (non-hydrogen) atoms. The zero-order chi connectivity index (χ0) is 24.4. The number of anilines is 1. The average Bonchev–Trinajstić information content (AvgIpc) is 2.79. The van der Waals surface area contributed by atoms with Crippen LogP contribution in [0, 0.1) is 5.82 Å². The number of amides is 1. The van der Waals surface area contributed by atoms with Crippen molar-refractivity contribution in [2.24, 2.45) is 0 Å². The fraction of sp³-hybridized carbons (Fsp3) is 0.0417. The quantitative estimate of drug-likeness (QED) is 0.240. The first kappa shape index (κ1) is 22.8. The molecule has 0 saturated heterocycles. The maximum atomic E-state index is 13.5. The second-order valence-corrected chi connectivity index (χ2v) is 7.61. The fourth-order valence-electron chi connectivity index (χ4n) is 3.39. The number of benzene rings is 2. The number of aromatic carboxylic acids is 1. The van der Waals surface area contributed by atoms with Crippen LogP contribution in [0.4, 0.5) is 10.2 Å². The van der Waals surface area contributed by atoms with Crippen LogP contribution in [0.25, 0.3) is 22.1 Å². The van der Waals surface area contributed by atoms with Gasteiger partial charge >= 0.3 is 11.6 Å². The van der Waals surface area contributed by atoms with Gasteiger partial charge in [-0.1, -0.05) is 23.7 Å². The maximum Gasteiger partial charge on any atom is 0.337 e. The fourth-order valence-corrected chi connectivity index (χ4v) is 3.66. The number of carboxylic acids is 1. The van der Waals surface area contributed by atoms with E-state index in [1.165, 1.54) is 42.5 Å². The van der Waals surface area contributed by atoms with Gasteiger partial charge in [-0.05, 0) is 42.0 Å². The average molecular weight is 481 g/mol. The molecule has 0 aliphatic heterocycles. The Morgan fingerprint density at radius 2 is 1.88 bits per heavy atom. The van der Waals surface area contributed by atoms with Crippen molar-refractivity contribution in [3.63, 3.8) is 0 Å². The largest absolute Gasteiger partial charge is 0.478 e. The van der Waals surface area contributed by atoms with E-state index in [4.69, 9.17) is 21.1 Å². The molecular formula is C24H14ClFN2O6. The molecule has 4 aromatic rings. The Balaban J connectivity index is 1.69. The number of rotatable bonds is 6. The van der Waals surface area contributed by atoms with Gasteiger partial charge in [0.05, 0.1) is 10.6 Å². The van der Waals surface area contributed by atoms with E-state index in [0.29, 0.717) is 22.8 Å². The van der Waals surface area contributed by atoms with Crippen molar-refractivity contribution in [1.29, 1.82) is 0 Å². The molecule has 0 bridgehead atoms. The summed E-state index contributed by atoms with van der Waals surface area (Å²) in [5.41, 5.74) is 0.393. The standard InChI is InChI=1S/C24H14ClFN2O6/c25-19-8-14(26)3-5-15(19)17-9-22(30)34-20-7-12(1-4-16(17)20)18(11-29)23(31)28-21-6-2-13(10-27-21)24(32)33/h1-11,18H,(H,32,33)(H,27,28,31). The molecule has 170 valence electrons. The summed E-state index contributed by atoms with van der Waals surface area (Å²) < 4.78 is 18.7. The lowest BCUT2D eigenvalue weighted by Gasteiger charge is -2.13. The Hall–Kier alpha value is -4.37. The Morgan fingerprint density at radius 3 is 2.53 bits per heavy atom. The Kier molecular flexibility index (Phi) is 6.20. The van der Waals surface area contributed by atoms with Gasteiger partial charge < -0.3 is 19.6 Å². The Labute approximate surface area is 195 Å². The number of carboxylic acid groups (broad SMARTS) is 1. The van der Waals surface area contributed by atoms with Crippen molar-refractivity contribution >= 4 is 46.6 Å². The zero-order valence-corrected chi connectivity index (χ0v) is 17.9. The second-order valence-electron chi connectivity index (χ2n) is 7.20. The number of hydrogen-bond acceptors (Lipinski definition) is 6. The molecular weight excluding hydrogens is 467 g/mol. The van der Waals surface area contributed by atoms with Gasteiger partial charge in [0.1, 0.15) is 29.4 Å². The van der Waals surface area contributed by atoms with Gasteiger partial charge in [-0.15, -0.1) is 0 Å². The second kappa shape index (κ2) is 9.24. The van der Waals surface area contributed by atoms with Crippen LogP contribution in [0.15, 0.2) is 70.0 Å². The van der Waals surface area contributed by atoms with Crippen molar-refractivity contribution in [2.45, 2.75) is 5.92 Å². The highest BCUT2D eigenvalue weighted by Gasteiger charge is 2.22. The molecule has 10 heteroatoms. The topological polar surface area (TPSA) is 127 Å². The maximum absolute atomic E-state index is 13.5. The molecule has 1 amide bonds. The van der Waals surface area contributed by atoms with Gasteiger partial charge in [0.15, 0.2) is 0 Å². The lowest BCUT2D eigenvalue weighted by atomic mass is 9.95. The highest BCUT2D eigenvalue weighted by atomic mass is 35.5. The first-order valence-electron chi connectivity index (χ1n) is 9.75. The van der Waals surface area contributed by atoms with Gasteiger partial charge in [-0.2, -0.15) is 0 Å². The normalized spacial score (nSPS) is 11.7. The number of carbonyl (C=O) groups excluding carboxylic acids is 2. The molecule has 8 nitrogen and oxygen atoms in total. The summed E-state index contributed by atoms with van der Waals surface area (Å²) in [6.07, 6.45) is 1.49. The van der Waals surface area contributed by atoms with E-state index in [9.17, 15) is 23.6 Å². The van der Waals surface area contributed by atoms with Crippen LogP contribution in [0.5, 0.6) is 0 Å². The van der Waals surface area contributed by atoms with Gasteiger partial charge in [0.25, 0.3) is 0 Å². The van der Waals surface area contributed by atoms with Gasteiger partial charge in [-0.3, -0.25) is 4.79 Å². The minimum atomic E-state index is -1.27. The Bertz CT molecular complexity index is 1500. The number of pyridine rings is 1. The lowest BCUT2D eigenvalue weighted by molar-refractivity contribution is -0.122. The van der Waals surface area contributed by atoms with Gasteiger partial charge in [0, 0.05) is 28.8 Å². The molecule has 0 aliphatic carbocycles. The number of fused-ring (bicyclic) bond motifs is 1. The molecule has 2 N–H and O–H groups in total. The van der Waals surface area contributed by atoms with Gasteiger partial charge in [0.2, 0.25) is 5.91 Å². The van der Waals surface area contributed by atoms with Crippen LogP contribution in [0.1, 0.15) is 21.8 Å². The summed E-state index contributed by atoms with van der Waals surface area (Å²) >= 11 is 6.16. The van der Waals surface area contributed by atoms with E-state index in [1.54, 1.807) is 6.07 Å². The number of carbonyl (C=O) groups is 3. The number of nitrogens with zero attached hydrogens (tertiary/aromatic N) is 1. The Morgan fingerprint density at radius 1 is 1.09 bits per heavy atom. The van der Waals surface area contributed by atoms with Crippen molar-refractivity contribution in [1.82, 2.24) is 4.98 Å². The molecule has 2 heterocycles. The number of halogens is 2. The van der Waals surface area contributed by atoms with Crippen LogP contribution in [-0.4, -0.2) is 28.3 Å². The predicted molar refractivity (Wildman–Crippen MR) is 122 cm³/mol. The number of nitrogens with one attached hydrogen (secondary N) is 1. The predicted octanol–water partition coefficient (Wildman–Crippen LogP) is 4.27. The summed E-state index contributed by atoms with van der Waals surface area (Å²) in [5.74, 6) is -3.63. The van der Waals surface area contributed by atoms with Crippen molar-refractivity contribution < 1.29 is 28.3 Å². The van der Waals surface area contributed by atoms with Crippen molar-refractivity contribution in [3.8, 4) is 11.1 Å². The third-order valence-electron chi connectivity index (χ3n) is 5.03. The molecule has 0 aliphatic rings. The molecule has 0 saturated carbocycles. The monoisotopic (exact) mass is 480 g/mol. The first-order chi connectivity index (χ1) is 16.3. The first-order valence-corrected chi connectivity index (χ1v) is 10.1. The summed E-state index contributed by atoms with van der Waals surface area (Å²) in [6.45, 7) is 0. The van der Waals surface area contributed by atoms with Gasteiger partial charge in [-0.25, -0.2) is 19.0 Å². The molecule has 0 fully saturated rings. The van der Waals surface area contributed by atoms with E-state index in [-0.39, 0.29) is 27.6 Å². The smallest absolute Gasteiger partial charge is 0.337 e. The van der Waals surface area contributed by atoms with E-state index >= 15 is 0 Å². The molecule has 1 unspecified atom stereocenters. The van der Waals surface area contributed by atoms with Crippen LogP contribution >= 0.6 is 11.6 Å². The molecule has 2 aromatic carbocycles. The van der Waals surface area contributed by atoms with Crippen LogP contribution in [-0.2, 0) is 9.59 Å². The number of hydrogen-bond donors (Lipinski definition) is 2. The summed E-state index contributed by atoms with van der Waals surface area (Å²) in [6, 6.07) is 12.0. The number of aromatic nitrogens is 1. The van der Waals surface area contributed by atoms with E-state index in [0.717, 1.165) is 12.3 Å². The highest BCUT2D eigenvalue weighted by Crippen LogP contribution is 2.34. The molecule has 0 spiro atoms. The number of aldehydes is 1. The van der Waals surface area contributed by atoms with Crippen molar-refractivity contribution in [2.75, 3.05) is 5.32 Å². The zero-order valence-electron chi connectivity index (χ0n) is 17.1. The minimum absolute atomic E-state index is 0.0578. The summed E-state index contributed by atoms with van der Waals surface area (Å²) in [7, 11) is 0. The lowest BCUT2D eigenvalue weighted by Crippen LogP contribution is -2.23. The SMILES string of the molecule is O=CC(C(=O)Nc1ccc(C(=O)O)cn1)c1ccc2c(-c3ccc(F)cc3Cl)cc(=O)oc2c1. The van der Waals surface area contributed by atoms with Crippen LogP contribution in [0.2, 0.25) is 5.02 Å².